The van der Waals surface area contributed by atoms with Gasteiger partial charge in [0.2, 0.25) is 0 Å². The summed E-state index contributed by atoms with van der Waals surface area (Å²) in [4.78, 5) is 4.38. The Morgan fingerprint density at radius 2 is 2.00 bits per heavy atom. The zero-order valence-corrected chi connectivity index (χ0v) is 17.4. The molecule has 0 spiro atoms. The van der Waals surface area contributed by atoms with Crippen LogP contribution in [-0.2, 0) is 13.0 Å². The van der Waals surface area contributed by atoms with Crippen LogP contribution in [0.5, 0.6) is 5.75 Å². The first-order chi connectivity index (χ1) is 14.7. The number of ether oxygens (including phenoxy) is 1. The van der Waals surface area contributed by atoms with E-state index in [1.54, 1.807) is 0 Å². The van der Waals surface area contributed by atoms with Crippen LogP contribution in [0.4, 0.5) is 0 Å². The van der Waals surface area contributed by atoms with Crippen LogP contribution in [0, 0.1) is 0 Å². The number of nitrogens with zero attached hydrogens (tertiary/aromatic N) is 2. The number of hydrogen-bond donors (Lipinski definition) is 4. The average molecular weight is 405 g/mol. The average Bonchev–Trinajstić information content (AvgIpc) is 3.47. The number of para-hydroxylation sites is 1. The molecule has 1 aliphatic rings. The van der Waals surface area contributed by atoms with Gasteiger partial charge in [-0.25, -0.2) is 4.99 Å². The summed E-state index contributed by atoms with van der Waals surface area (Å²) in [5.74, 6) is 1.11. The summed E-state index contributed by atoms with van der Waals surface area (Å²) in [5.41, 5.74) is 17.4. The van der Waals surface area contributed by atoms with Gasteiger partial charge in [-0.1, -0.05) is 56.3 Å². The molecule has 4 rings (SSSR count). The van der Waals surface area contributed by atoms with Gasteiger partial charge in [0.15, 0.2) is 5.96 Å². The number of aliphatic imine (C=N–C) groups is 1. The zero-order valence-electron chi connectivity index (χ0n) is 17.4. The first-order valence-electron chi connectivity index (χ1n) is 10.1. The van der Waals surface area contributed by atoms with Gasteiger partial charge < -0.3 is 21.5 Å². The molecule has 3 aromatic rings. The number of benzene rings is 2. The SMILES string of the molecule is CC.N/C=C(\NC(N)=NCc1cc(-c2ccccc2)n[nH]1)c1cccc2c1OCC2. The molecule has 7 heteroatoms. The minimum atomic E-state index is 0.267. The third-order valence-electron chi connectivity index (χ3n) is 4.55. The maximum absolute atomic E-state index is 6.07. The molecule has 0 radical (unpaired) electrons. The molecule has 0 unspecified atom stereocenters. The fourth-order valence-corrected chi connectivity index (χ4v) is 3.17. The van der Waals surface area contributed by atoms with Gasteiger partial charge in [0.05, 0.1) is 30.2 Å². The van der Waals surface area contributed by atoms with Gasteiger partial charge >= 0.3 is 0 Å². The molecule has 0 aliphatic carbocycles. The molecule has 6 N–H and O–H groups in total. The van der Waals surface area contributed by atoms with Gasteiger partial charge in [0, 0.05) is 23.7 Å². The van der Waals surface area contributed by atoms with Crippen LogP contribution in [-0.4, -0.2) is 22.8 Å². The van der Waals surface area contributed by atoms with E-state index in [0.29, 0.717) is 18.8 Å². The van der Waals surface area contributed by atoms with Crippen molar-refractivity contribution in [2.24, 2.45) is 16.5 Å². The van der Waals surface area contributed by atoms with Crippen molar-refractivity contribution < 1.29 is 4.74 Å². The van der Waals surface area contributed by atoms with Crippen LogP contribution in [0.3, 0.4) is 0 Å². The third kappa shape index (κ3) is 4.81. The Morgan fingerprint density at radius 1 is 1.20 bits per heavy atom. The molecule has 1 aromatic heterocycles. The molecule has 1 aliphatic heterocycles. The van der Waals surface area contributed by atoms with Crippen molar-refractivity contribution in [3.63, 3.8) is 0 Å². The Morgan fingerprint density at radius 3 is 2.77 bits per heavy atom. The summed E-state index contributed by atoms with van der Waals surface area (Å²) in [6, 6.07) is 17.9. The highest BCUT2D eigenvalue weighted by molar-refractivity contribution is 5.89. The van der Waals surface area contributed by atoms with Crippen molar-refractivity contribution in [3.8, 4) is 17.0 Å². The molecule has 2 heterocycles. The summed E-state index contributed by atoms with van der Waals surface area (Å²) >= 11 is 0. The van der Waals surface area contributed by atoms with E-state index in [4.69, 9.17) is 16.2 Å². The number of guanidine groups is 1. The van der Waals surface area contributed by atoms with Gasteiger partial charge in [-0.2, -0.15) is 5.10 Å². The highest BCUT2D eigenvalue weighted by Gasteiger charge is 2.18. The number of hydrogen-bond acceptors (Lipinski definition) is 4. The molecule has 0 amide bonds. The number of fused-ring (bicyclic) bond motifs is 1. The van der Waals surface area contributed by atoms with Crippen LogP contribution < -0.4 is 21.5 Å². The topological polar surface area (TPSA) is 114 Å². The lowest BCUT2D eigenvalue weighted by Crippen LogP contribution is -2.31. The Labute approximate surface area is 176 Å². The third-order valence-corrected chi connectivity index (χ3v) is 4.55. The molecular formula is C23H28N6O. The largest absolute Gasteiger partial charge is 0.492 e. The summed E-state index contributed by atoms with van der Waals surface area (Å²) in [5, 5.41) is 10.4. The smallest absolute Gasteiger partial charge is 0.193 e. The Hall–Kier alpha value is -3.74. The quantitative estimate of drug-likeness (QED) is 0.384. The molecule has 0 saturated heterocycles. The van der Waals surface area contributed by atoms with E-state index in [0.717, 1.165) is 34.7 Å². The predicted molar refractivity (Wildman–Crippen MR) is 122 cm³/mol. The van der Waals surface area contributed by atoms with Crippen molar-refractivity contribution in [2.45, 2.75) is 26.8 Å². The molecule has 0 atom stereocenters. The lowest BCUT2D eigenvalue weighted by Gasteiger charge is -2.13. The summed E-state index contributed by atoms with van der Waals surface area (Å²) in [6.45, 7) is 5.05. The highest BCUT2D eigenvalue weighted by Crippen LogP contribution is 2.32. The van der Waals surface area contributed by atoms with Crippen LogP contribution in [0.25, 0.3) is 17.0 Å². The van der Waals surface area contributed by atoms with E-state index >= 15 is 0 Å². The van der Waals surface area contributed by atoms with E-state index in [2.05, 4.69) is 26.6 Å². The lowest BCUT2D eigenvalue weighted by atomic mass is 10.1. The maximum atomic E-state index is 6.07. The minimum absolute atomic E-state index is 0.267. The van der Waals surface area contributed by atoms with Gasteiger partial charge in [0.25, 0.3) is 0 Å². The lowest BCUT2D eigenvalue weighted by molar-refractivity contribution is 0.356. The summed E-state index contributed by atoms with van der Waals surface area (Å²) < 4.78 is 5.74. The van der Waals surface area contributed by atoms with E-state index in [1.165, 1.54) is 11.8 Å². The summed E-state index contributed by atoms with van der Waals surface area (Å²) in [6.07, 6.45) is 2.37. The summed E-state index contributed by atoms with van der Waals surface area (Å²) in [7, 11) is 0. The standard InChI is InChI=1S/C21H22N6O.C2H6/c22-12-19(17-8-4-7-15-9-10-28-20(15)17)25-21(23)24-13-16-11-18(27-26-16)14-5-2-1-3-6-14;1-2/h1-8,11-12H,9-10,13,22H2,(H,26,27)(H3,23,24,25);1-2H3/b19-12-;. The number of nitrogens with one attached hydrogen (secondary N) is 2. The molecule has 0 fully saturated rings. The van der Waals surface area contributed by atoms with Crippen molar-refractivity contribution in [1.82, 2.24) is 15.5 Å². The van der Waals surface area contributed by atoms with E-state index in [9.17, 15) is 0 Å². The zero-order chi connectivity index (χ0) is 21.3. The Kier molecular flexibility index (Phi) is 7.10. The second kappa shape index (κ2) is 10.2. The van der Waals surface area contributed by atoms with Gasteiger partial charge in [-0.15, -0.1) is 0 Å². The second-order valence-electron chi connectivity index (χ2n) is 6.44. The molecule has 7 nitrogen and oxygen atoms in total. The van der Waals surface area contributed by atoms with Crippen molar-refractivity contribution >= 4 is 11.7 Å². The highest BCUT2D eigenvalue weighted by atomic mass is 16.5. The predicted octanol–water partition coefficient (Wildman–Crippen LogP) is 3.40. The Bertz CT molecular complexity index is 1020. The van der Waals surface area contributed by atoms with Crippen molar-refractivity contribution in [3.05, 3.63) is 77.6 Å². The monoisotopic (exact) mass is 404 g/mol. The molecule has 2 aromatic carbocycles. The first kappa shape index (κ1) is 21.0. The van der Waals surface area contributed by atoms with Gasteiger partial charge in [-0.05, 0) is 17.7 Å². The number of rotatable bonds is 5. The van der Waals surface area contributed by atoms with Crippen molar-refractivity contribution in [2.75, 3.05) is 6.61 Å². The van der Waals surface area contributed by atoms with E-state index in [1.807, 2.05) is 62.4 Å². The van der Waals surface area contributed by atoms with Crippen LogP contribution in [0.2, 0.25) is 0 Å². The molecule has 156 valence electrons. The molecule has 0 bridgehead atoms. The maximum Gasteiger partial charge on any atom is 0.193 e. The second-order valence-corrected chi connectivity index (χ2v) is 6.44. The molecular weight excluding hydrogens is 376 g/mol. The van der Waals surface area contributed by atoms with Crippen LogP contribution in [0.15, 0.2) is 65.8 Å². The van der Waals surface area contributed by atoms with Crippen LogP contribution >= 0.6 is 0 Å². The fraction of sp³-hybridized carbons (Fsp3) is 0.217. The first-order valence-corrected chi connectivity index (χ1v) is 10.1. The number of nitrogens with two attached hydrogens (primary N) is 2. The van der Waals surface area contributed by atoms with E-state index in [-0.39, 0.29) is 5.96 Å². The minimum Gasteiger partial charge on any atom is -0.492 e. The normalized spacial score (nSPS) is 13.1. The number of aromatic nitrogens is 2. The Balaban J connectivity index is 0.00000124. The van der Waals surface area contributed by atoms with Crippen LogP contribution in [0.1, 0.15) is 30.7 Å². The van der Waals surface area contributed by atoms with Crippen molar-refractivity contribution in [1.29, 1.82) is 0 Å². The molecule has 0 saturated carbocycles. The van der Waals surface area contributed by atoms with Gasteiger partial charge in [-0.3, -0.25) is 5.10 Å². The number of aromatic amines is 1. The van der Waals surface area contributed by atoms with E-state index < -0.39 is 0 Å². The van der Waals surface area contributed by atoms with Gasteiger partial charge in [0.1, 0.15) is 5.75 Å². The fourth-order valence-electron chi connectivity index (χ4n) is 3.17. The molecule has 30 heavy (non-hydrogen) atoms. The number of H-pyrrole nitrogens is 1.